The van der Waals surface area contributed by atoms with Gasteiger partial charge in [0.2, 0.25) is 0 Å². The summed E-state index contributed by atoms with van der Waals surface area (Å²) in [6, 6.07) is 15.9. The van der Waals surface area contributed by atoms with Crippen molar-refractivity contribution in [1.29, 1.82) is 0 Å². The van der Waals surface area contributed by atoms with Gasteiger partial charge in [-0.2, -0.15) is 0 Å². The number of nitrogens with zero attached hydrogens (tertiary/aromatic N) is 1. The van der Waals surface area contributed by atoms with Gasteiger partial charge in [0.15, 0.2) is 0 Å². The van der Waals surface area contributed by atoms with E-state index in [-0.39, 0.29) is 5.56 Å². The van der Waals surface area contributed by atoms with Crippen molar-refractivity contribution in [3.05, 3.63) is 76.2 Å². The molecule has 0 aliphatic rings. The van der Waals surface area contributed by atoms with E-state index in [0.29, 0.717) is 0 Å². The van der Waals surface area contributed by atoms with Crippen LogP contribution in [0.1, 0.15) is 11.1 Å². The molecule has 2 nitrogen and oxygen atoms in total. The fourth-order valence-electron chi connectivity index (χ4n) is 2.28. The lowest BCUT2D eigenvalue weighted by Crippen LogP contribution is -2.17. The molecule has 0 aliphatic carbocycles. The van der Waals surface area contributed by atoms with E-state index in [1.165, 1.54) is 11.1 Å². The second-order valence-corrected chi connectivity index (χ2v) is 4.92. The van der Waals surface area contributed by atoms with E-state index in [0.717, 1.165) is 16.5 Å². The minimum absolute atomic E-state index is 0.0290. The summed E-state index contributed by atoms with van der Waals surface area (Å²) in [5, 5.41) is 1.75. The summed E-state index contributed by atoms with van der Waals surface area (Å²) in [5.74, 6) is 0. The van der Waals surface area contributed by atoms with Gasteiger partial charge in [0.1, 0.15) is 0 Å². The summed E-state index contributed by atoms with van der Waals surface area (Å²) in [7, 11) is 0. The van der Waals surface area contributed by atoms with E-state index < -0.39 is 0 Å². The highest BCUT2D eigenvalue weighted by Gasteiger charge is 2.04. The third kappa shape index (κ3) is 2.06. The molecule has 0 radical (unpaired) electrons. The van der Waals surface area contributed by atoms with E-state index >= 15 is 0 Å². The number of benzene rings is 2. The van der Waals surface area contributed by atoms with E-state index in [4.69, 9.17) is 0 Å². The maximum Gasteiger partial charge on any atom is 0.262 e. The number of aryl methyl sites for hydroxylation is 2. The number of pyridine rings is 1. The first-order valence-corrected chi connectivity index (χ1v) is 6.34. The molecule has 19 heavy (non-hydrogen) atoms. The van der Waals surface area contributed by atoms with Crippen LogP contribution < -0.4 is 5.56 Å². The fraction of sp³-hybridized carbons (Fsp3) is 0.118. The van der Waals surface area contributed by atoms with Gasteiger partial charge in [-0.3, -0.25) is 9.36 Å². The summed E-state index contributed by atoms with van der Waals surface area (Å²) in [6.45, 7) is 4.07. The lowest BCUT2D eigenvalue weighted by Gasteiger charge is -2.08. The Morgan fingerprint density at radius 2 is 1.53 bits per heavy atom. The normalized spacial score (nSPS) is 10.8. The molecule has 0 amide bonds. The van der Waals surface area contributed by atoms with E-state index in [9.17, 15) is 4.79 Å². The van der Waals surface area contributed by atoms with Gasteiger partial charge in [0, 0.05) is 17.3 Å². The van der Waals surface area contributed by atoms with Gasteiger partial charge in [0.25, 0.3) is 5.56 Å². The lowest BCUT2D eigenvalue weighted by molar-refractivity contribution is 1.01. The Kier molecular flexibility index (Phi) is 2.71. The molecule has 0 aliphatic heterocycles. The highest BCUT2D eigenvalue weighted by molar-refractivity contribution is 5.82. The molecule has 0 spiro atoms. The van der Waals surface area contributed by atoms with Crippen molar-refractivity contribution in [3.8, 4) is 5.69 Å². The van der Waals surface area contributed by atoms with E-state index in [1.807, 2.05) is 68.6 Å². The molecule has 0 bridgehead atoms. The van der Waals surface area contributed by atoms with Crippen LogP contribution >= 0.6 is 0 Å². The zero-order valence-electron chi connectivity index (χ0n) is 11.1. The van der Waals surface area contributed by atoms with E-state index in [1.54, 1.807) is 4.57 Å². The zero-order chi connectivity index (χ0) is 13.4. The lowest BCUT2D eigenvalue weighted by atomic mass is 10.1. The number of rotatable bonds is 1. The SMILES string of the molecule is Cc1ccc(-n2ccc3cc(C)ccc3c2=O)cc1. The van der Waals surface area contributed by atoms with Crippen LogP contribution in [0.15, 0.2) is 59.5 Å². The average Bonchev–Trinajstić information content (AvgIpc) is 2.40. The van der Waals surface area contributed by atoms with Crippen molar-refractivity contribution < 1.29 is 0 Å². The number of aromatic nitrogens is 1. The topological polar surface area (TPSA) is 22.0 Å². The predicted molar refractivity (Wildman–Crippen MR) is 79.0 cm³/mol. The van der Waals surface area contributed by atoms with Gasteiger partial charge in [-0.05, 0) is 43.5 Å². The van der Waals surface area contributed by atoms with Crippen molar-refractivity contribution >= 4 is 10.8 Å². The standard InChI is InChI=1S/C17H15NO/c1-12-3-6-15(7-4-12)18-10-9-14-11-13(2)5-8-16(14)17(18)19/h3-11H,1-2H3. The van der Waals surface area contributed by atoms with Crippen LogP contribution in [0.5, 0.6) is 0 Å². The van der Waals surface area contributed by atoms with Crippen molar-refractivity contribution in [2.45, 2.75) is 13.8 Å². The van der Waals surface area contributed by atoms with Crippen molar-refractivity contribution in [2.24, 2.45) is 0 Å². The Balaban J connectivity index is 2.26. The highest BCUT2D eigenvalue weighted by atomic mass is 16.1. The summed E-state index contributed by atoms with van der Waals surface area (Å²) in [6.07, 6.45) is 1.84. The van der Waals surface area contributed by atoms with Gasteiger partial charge < -0.3 is 0 Å². The number of fused-ring (bicyclic) bond motifs is 1. The van der Waals surface area contributed by atoms with Gasteiger partial charge in [-0.25, -0.2) is 0 Å². The Hall–Kier alpha value is -2.35. The van der Waals surface area contributed by atoms with Crippen molar-refractivity contribution in [3.63, 3.8) is 0 Å². The highest BCUT2D eigenvalue weighted by Crippen LogP contribution is 2.14. The Morgan fingerprint density at radius 3 is 2.26 bits per heavy atom. The quantitative estimate of drug-likeness (QED) is 0.645. The van der Waals surface area contributed by atoms with Gasteiger partial charge >= 0.3 is 0 Å². The third-order valence-electron chi connectivity index (χ3n) is 3.37. The Morgan fingerprint density at radius 1 is 0.842 bits per heavy atom. The van der Waals surface area contributed by atoms with Crippen molar-refractivity contribution in [1.82, 2.24) is 4.57 Å². The second-order valence-electron chi connectivity index (χ2n) is 4.92. The van der Waals surface area contributed by atoms with Crippen LogP contribution in [0.3, 0.4) is 0 Å². The molecule has 0 N–H and O–H groups in total. The molecule has 0 atom stereocenters. The monoisotopic (exact) mass is 249 g/mol. The molecular weight excluding hydrogens is 234 g/mol. The molecule has 1 heterocycles. The molecule has 1 aromatic heterocycles. The van der Waals surface area contributed by atoms with Crippen LogP contribution in [-0.2, 0) is 0 Å². The van der Waals surface area contributed by atoms with E-state index in [2.05, 4.69) is 0 Å². The largest absolute Gasteiger partial charge is 0.284 e. The zero-order valence-corrected chi connectivity index (χ0v) is 11.1. The Labute approximate surface area is 111 Å². The maximum absolute atomic E-state index is 12.5. The molecule has 2 heteroatoms. The molecule has 94 valence electrons. The predicted octanol–water partition coefficient (Wildman–Crippen LogP) is 3.61. The van der Waals surface area contributed by atoms with Crippen LogP contribution in [0, 0.1) is 13.8 Å². The summed E-state index contributed by atoms with van der Waals surface area (Å²) >= 11 is 0. The first-order chi connectivity index (χ1) is 9.15. The first-order valence-electron chi connectivity index (χ1n) is 6.34. The average molecular weight is 249 g/mol. The number of hydrogen-bond acceptors (Lipinski definition) is 1. The maximum atomic E-state index is 12.5. The molecule has 0 saturated carbocycles. The molecule has 0 saturated heterocycles. The molecule has 0 unspecified atom stereocenters. The molecular formula is C17H15NO. The molecule has 3 aromatic rings. The second kappa shape index (κ2) is 4.39. The smallest absolute Gasteiger partial charge is 0.262 e. The van der Waals surface area contributed by atoms with Crippen molar-refractivity contribution in [2.75, 3.05) is 0 Å². The third-order valence-corrected chi connectivity index (χ3v) is 3.37. The van der Waals surface area contributed by atoms with Crippen LogP contribution in [0.25, 0.3) is 16.5 Å². The molecule has 3 rings (SSSR count). The summed E-state index contributed by atoms with van der Waals surface area (Å²) < 4.78 is 1.69. The Bertz CT molecular complexity index is 798. The molecule has 2 aromatic carbocycles. The van der Waals surface area contributed by atoms with Gasteiger partial charge in [-0.1, -0.05) is 35.4 Å². The van der Waals surface area contributed by atoms with Crippen LogP contribution in [-0.4, -0.2) is 4.57 Å². The summed E-state index contributed by atoms with van der Waals surface area (Å²) in [4.78, 5) is 12.5. The minimum Gasteiger partial charge on any atom is -0.284 e. The van der Waals surface area contributed by atoms with Gasteiger partial charge in [0.05, 0.1) is 0 Å². The first kappa shape index (κ1) is 11.7. The van der Waals surface area contributed by atoms with Crippen LogP contribution in [0.2, 0.25) is 0 Å². The van der Waals surface area contributed by atoms with Gasteiger partial charge in [-0.15, -0.1) is 0 Å². The summed E-state index contributed by atoms with van der Waals surface area (Å²) in [5.41, 5.74) is 3.28. The number of hydrogen-bond donors (Lipinski definition) is 0. The molecule has 0 fully saturated rings. The minimum atomic E-state index is 0.0290. The van der Waals surface area contributed by atoms with Crippen LogP contribution in [0.4, 0.5) is 0 Å². The fourth-order valence-corrected chi connectivity index (χ4v) is 2.28.